The van der Waals surface area contributed by atoms with E-state index in [9.17, 15) is 4.79 Å². The van der Waals surface area contributed by atoms with Crippen molar-refractivity contribution in [3.05, 3.63) is 40.6 Å². The molecule has 1 fully saturated rings. The smallest absolute Gasteiger partial charge is 0.269 e. The second kappa shape index (κ2) is 4.87. The van der Waals surface area contributed by atoms with Crippen LogP contribution >= 0.6 is 0 Å². The molecule has 1 saturated carbocycles. The van der Waals surface area contributed by atoms with Crippen LogP contribution in [0.25, 0.3) is 0 Å². The maximum absolute atomic E-state index is 11.9. The first-order valence-electron chi connectivity index (χ1n) is 6.50. The van der Waals surface area contributed by atoms with Crippen LogP contribution in [0.1, 0.15) is 18.5 Å². The highest BCUT2D eigenvalue weighted by Gasteiger charge is 2.20. The van der Waals surface area contributed by atoms with Crippen molar-refractivity contribution in [2.24, 2.45) is 13.0 Å². The molecule has 19 heavy (non-hydrogen) atoms. The van der Waals surface area contributed by atoms with Gasteiger partial charge in [-0.2, -0.15) is 10.2 Å². The fraction of sp³-hybridized carbons (Fsp3) is 0.462. The van der Waals surface area contributed by atoms with Crippen molar-refractivity contribution in [1.29, 1.82) is 0 Å². The van der Waals surface area contributed by atoms with E-state index in [1.165, 1.54) is 17.5 Å². The lowest BCUT2D eigenvalue weighted by atomic mass is 10.4. The van der Waals surface area contributed by atoms with E-state index in [2.05, 4.69) is 15.5 Å². The Balaban J connectivity index is 1.69. The molecule has 2 aromatic heterocycles. The third kappa shape index (κ3) is 3.01. The summed E-state index contributed by atoms with van der Waals surface area (Å²) in [5.41, 5.74) is 1.52. The fourth-order valence-electron chi connectivity index (χ4n) is 1.93. The molecular formula is C13H17N5O. The lowest BCUT2D eigenvalue weighted by Crippen LogP contribution is -2.23. The molecule has 6 heteroatoms. The molecule has 0 aromatic carbocycles. The first-order valence-corrected chi connectivity index (χ1v) is 6.50. The molecule has 3 rings (SSSR count). The van der Waals surface area contributed by atoms with Gasteiger partial charge in [-0.1, -0.05) is 0 Å². The van der Waals surface area contributed by atoms with Gasteiger partial charge in [-0.05, 0) is 24.8 Å². The molecule has 0 radical (unpaired) electrons. The van der Waals surface area contributed by atoms with E-state index in [1.807, 2.05) is 19.3 Å². The van der Waals surface area contributed by atoms with E-state index in [-0.39, 0.29) is 5.56 Å². The first-order chi connectivity index (χ1) is 9.20. The van der Waals surface area contributed by atoms with Gasteiger partial charge in [0.25, 0.3) is 5.56 Å². The Bertz CT molecular complexity index is 626. The normalized spacial score (nSPS) is 14.6. The van der Waals surface area contributed by atoms with Crippen molar-refractivity contribution >= 4 is 5.69 Å². The Kier molecular flexibility index (Phi) is 3.06. The molecule has 0 spiro atoms. The van der Waals surface area contributed by atoms with E-state index >= 15 is 0 Å². The van der Waals surface area contributed by atoms with Crippen molar-refractivity contribution in [3.63, 3.8) is 0 Å². The van der Waals surface area contributed by atoms with Crippen molar-refractivity contribution in [2.45, 2.75) is 19.4 Å². The van der Waals surface area contributed by atoms with Crippen LogP contribution in [0.2, 0.25) is 0 Å². The SMILES string of the molecule is Cn1ccc(Cn2ncc(NCC3CC3)cc2=O)n1. The van der Waals surface area contributed by atoms with E-state index in [0.717, 1.165) is 23.8 Å². The average molecular weight is 259 g/mol. The summed E-state index contributed by atoms with van der Waals surface area (Å²) >= 11 is 0. The molecule has 1 aliphatic rings. The maximum Gasteiger partial charge on any atom is 0.269 e. The molecule has 0 amide bonds. The van der Waals surface area contributed by atoms with Crippen LogP contribution in [0, 0.1) is 5.92 Å². The van der Waals surface area contributed by atoms with Crippen molar-refractivity contribution in [1.82, 2.24) is 19.6 Å². The number of anilines is 1. The molecule has 0 saturated heterocycles. The minimum absolute atomic E-state index is 0.105. The molecule has 6 nitrogen and oxygen atoms in total. The monoisotopic (exact) mass is 259 g/mol. The zero-order valence-electron chi connectivity index (χ0n) is 10.9. The quantitative estimate of drug-likeness (QED) is 0.864. The lowest BCUT2D eigenvalue weighted by Gasteiger charge is -2.06. The minimum atomic E-state index is -0.105. The van der Waals surface area contributed by atoms with Gasteiger partial charge < -0.3 is 5.32 Å². The summed E-state index contributed by atoms with van der Waals surface area (Å²) in [5.74, 6) is 0.774. The van der Waals surface area contributed by atoms with Crippen molar-refractivity contribution in [2.75, 3.05) is 11.9 Å². The van der Waals surface area contributed by atoms with Crippen molar-refractivity contribution in [3.8, 4) is 0 Å². The standard InChI is InChI=1S/C13H17N5O/c1-17-5-4-11(16-17)9-18-13(19)6-12(8-15-18)14-7-10-2-3-10/h4-6,8,10,14H,2-3,7,9H2,1H3. The van der Waals surface area contributed by atoms with Crippen LogP contribution in [0.4, 0.5) is 5.69 Å². The topological polar surface area (TPSA) is 64.7 Å². The second-order valence-corrected chi connectivity index (χ2v) is 5.05. The van der Waals surface area contributed by atoms with Gasteiger partial charge in [-0.3, -0.25) is 9.48 Å². The summed E-state index contributed by atoms with van der Waals surface area (Å²) in [7, 11) is 1.85. The largest absolute Gasteiger partial charge is 0.383 e. The summed E-state index contributed by atoms with van der Waals surface area (Å²) in [6.07, 6.45) is 6.13. The number of hydrogen-bond donors (Lipinski definition) is 1. The van der Waals surface area contributed by atoms with Crippen LogP contribution < -0.4 is 10.9 Å². The Labute approximate surface area is 111 Å². The maximum atomic E-state index is 11.9. The number of aryl methyl sites for hydroxylation is 1. The van der Waals surface area contributed by atoms with Gasteiger partial charge in [0.2, 0.25) is 0 Å². The molecule has 1 aliphatic carbocycles. The van der Waals surface area contributed by atoms with Crippen LogP contribution in [0.15, 0.2) is 29.3 Å². The van der Waals surface area contributed by atoms with Crippen LogP contribution in [-0.4, -0.2) is 26.1 Å². The zero-order valence-corrected chi connectivity index (χ0v) is 10.9. The Morgan fingerprint density at radius 1 is 1.47 bits per heavy atom. The third-order valence-corrected chi connectivity index (χ3v) is 3.24. The lowest BCUT2D eigenvalue weighted by molar-refractivity contribution is 0.615. The predicted octanol–water partition coefficient (Wildman–Crippen LogP) is 0.847. The van der Waals surface area contributed by atoms with Gasteiger partial charge >= 0.3 is 0 Å². The molecule has 2 aromatic rings. The van der Waals surface area contributed by atoms with E-state index in [1.54, 1.807) is 16.9 Å². The van der Waals surface area contributed by atoms with Crippen LogP contribution in [0.3, 0.4) is 0 Å². The zero-order chi connectivity index (χ0) is 13.2. The fourth-order valence-corrected chi connectivity index (χ4v) is 1.93. The molecule has 2 heterocycles. The highest BCUT2D eigenvalue weighted by molar-refractivity contribution is 5.39. The van der Waals surface area contributed by atoms with Gasteiger partial charge in [0.15, 0.2) is 0 Å². The number of nitrogens with one attached hydrogen (secondary N) is 1. The summed E-state index contributed by atoms with van der Waals surface area (Å²) in [6.45, 7) is 1.34. The number of hydrogen-bond acceptors (Lipinski definition) is 4. The van der Waals surface area contributed by atoms with Crippen LogP contribution in [0.5, 0.6) is 0 Å². The average Bonchev–Trinajstić information content (AvgIpc) is 3.13. The Morgan fingerprint density at radius 2 is 2.32 bits per heavy atom. The molecular weight excluding hydrogens is 242 g/mol. The van der Waals surface area contributed by atoms with Gasteiger partial charge in [0.05, 0.1) is 24.1 Å². The second-order valence-electron chi connectivity index (χ2n) is 5.05. The van der Waals surface area contributed by atoms with Crippen molar-refractivity contribution < 1.29 is 0 Å². The summed E-state index contributed by atoms with van der Waals surface area (Å²) in [5, 5.41) is 11.7. The Morgan fingerprint density at radius 3 is 2.95 bits per heavy atom. The highest BCUT2D eigenvalue weighted by atomic mass is 16.1. The minimum Gasteiger partial charge on any atom is -0.383 e. The van der Waals surface area contributed by atoms with E-state index in [0.29, 0.717) is 6.54 Å². The summed E-state index contributed by atoms with van der Waals surface area (Å²) in [4.78, 5) is 11.9. The van der Waals surface area contributed by atoms with Crippen LogP contribution in [-0.2, 0) is 13.6 Å². The van der Waals surface area contributed by atoms with Gasteiger partial charge in [0, 0.05) is 25.9 Å². The van der Waals surface area contributed by atoms with Gasteiger partial charge in [-0.25, -0.2) is 4.68 Å². The van der Waals surface area contributed by atoms with E-state index < -0.39 is 0 Å². The third-order valence-electron chi connectivity index (χ3n) is 3.24. The molecule has 0 aliphatic heterocycles. The molecule has 0 bridgehead atoms. The summed E-state index contributed by atoms with van der Waals surface area (Å²) < 4.78 is 3.14. The first kappa shape index (κ1) is 12.0. The number of aromatic nitrogens is 4. The van der Waals surface area contributed by atoms with Gasteiger partial charge in [0.1, 0.15) is 0 Å². The van der Waals surface area contributed by atoms with Gasteiger partial charge in [-0.15, -0.1) is 0 Å². The predicted molar refractivity (Wildman–Crippen MR) is 72.0 cm³/mol. The number of rotatable bonds is 5. The molecule has 1 N–H and O–H groups in total. The Hall–Kier alpha value is -2.11. The highest BCUT2D eigenvalue weighted by Crippen LogP contribution is 2.28. The summed E-state index contributed by atoms with van der Waals surface area (Å²) in [6, 6.07) is 3.48. The number of nitrogens with zero attached hydrogens (tertiary/aromatic N) is 4. The molecule has 100 valence electrons. The van der Waals surface area contributed by atoms with E-state index in [4.69, 9.17) is 0 Å². The molecule has 0 atom stereocenters. The molecule has 0 unspecified atom stereocenters.